The lowest BCUT2D eigenvalue weighted by molar-refractivity contribution is -0.113. The normalized spacial score (nSPS) is 14.6. The quantitative estimate of drug-likeness (QED) is 0.162. The first-order valence-electron chi connectivity index (χ1n) is 12.8. The molecule has 3 aromatic rings. The van der Waals surface area contributed by atoms with E-state index in [1.54, 1.807) is 17.4 Å². The SMILES string of the molecule is C=CCn1c(SCC(=O)Nc2sc3c(c2C#N)CCC(CC)C3)nnc1-c1ccc(OCCCC)cc1. The number of amides is 1. The first-order valence-corrected chi connectivity index (χ1v) is 14.6. The highest BCUT2D eigenvalue weighted by atomic mass is 32.2. The van der Waals surface area contributed by atoms with Crippen molar-refractivity contribution in [2.45, 2.75) is 64.1 Å². The number of carbonyl (C=O) groups is 1. The first kappa shape index (κ1) is 27.0. The lowest BCUT2D eigenvalue weighted by Gasteiger charge is -2.20. The number of carbonyl (C=O) groups excluding carboxylic acids is 1. The third kappa shape index (κ3) is 6.43. The molecule has 4 rings (SSSR count). The van der Waals surface area contributed by atoms with Gasteiger partial charge in [-0.3, -0.25) is 9.36 Å². The maximum atomic E-state index is 12.9. The fourth-order valence-corrected chi connectivity index (χ4v) is 6.52. The van der Waals surface area contributed by atoms with E-state index in [0.717, 1.165) is 55.4 Å². The Morgan fingerprint density at radius 3 is 2.86 bits per heavy atom. The number of nitrogens with zero attached hydrogens (tertiary/aromatic N) is 4. The molecule has 0 fully saturated rings. The molecule has 1 unspecified atom stereocenters. The molecule has 9 heteroatoms. The van der Waals surface area contributed by atoms with Crippen LogP contribution in [0.1, 0.15) is 55.5 Å². The molecule has 2 aromatic heterocycles. The highest BCUT2D eigenvalue weighted by Gasteiger charge is 2.26. The van der Waals surface area contributed by atoms with Crippen molar-refractivity contribution in [2.24, 2.45) is 5.92 Å². The van der Waals surface area contributed by atoms with Crippen molar-refractivity contribution in [3.05, 3.63) is 52.9 Å². The molecule has 1 aromatic carbocycles. The van der Waals surface area contributed by atoms with E-state index in [2.05, 4.69) is 42.0 Å². The Hall–Kier alpha value is -3.09. The van der Waals surface area contributed by atoms with Crippen molar-refractivity contribution in [3.8, 4) is 23.2 Å². The van der Waals surface area contributed by atoms with Crippen molar-refractivity contribution in [2.75, 3.05) is 17.7 Å². The van der Waals surface area contributed by atoms with E-state index in [4.69, 9.17) is 4.74 Å². The molecule has 0 saturated carbocycles. The van der Waals surface area contributed by atoms with Crippen LogP contribution in [0, 0.1) is 17.2 Å². The summed E-state index contributed by atoms with van der Waals surface area (Å²) in [6.07, 6.45) is 8.06. The van der Waals surface area contributed by atoms with Gasteiger partial charge in [-0.2, -0.15) is 5.26 Å². The zero-order chi connectivity index (χ0) is 26.2. The topological polar surface area (TPSA) is 92.8 Å². The van der Waals surface area contributed by atoms with Crippen molar-refractivity contribution < 1.29 is 9.53 Å². The van der Waals surface area contributed by atoms with Crippen molar-refractivity contribution in [1.82, 2.24) is 14.8 Å². The fourth-order valence-electron chi connectivity index (χ4n) is 4.44. The lowest BCUT2D eigenvalue weighted by Crippen LogP contribution is -2.15. The Labute approximate surface area is 226 Å². The second kappa shape index (κ2) is 12.9. The van der Waals surface area contributed by atoms with Crippen LogP contribution < -0.4 is 10.1 Å². The van der Waals surface area contributed by atoms with Crippen LogP contribution in [-0.4, -0.2) is 33.0 Å². The number of hydrogen-bond donors (Lipinski definition) is 1. The number of fused-ring (bicyclic) bond motifs is 1. The van der Waals surface area contributed by atoms with Gasteiger partial charge in [0.25, 0.3) is 0 Å². The number of anilines is 1. The largest absolute Gasteiger partial charge is 0.494 e. The Morgan fingerprint density at radius 2 is 2.16 bits per heavy atom. The van der Waals surface area contributed by atoms with Gasteiger partial charge >= 0.3 is 0 Å². The van der Waals surface area contributed by atoms with Crippen LogP contribution in [0.5, 0.6) is 5.75 Å². The summed E-state index contributed by atoms with van der Waals surface area (Å²) in [5.41, 5.74) is 2.67. The maximum Gasteiger partial charge on any atom is 0.235 e. The predicted molar refractivity (Wildman–Crippen MR) is 150 cm³/mol. The zero-order valence-corrected chi connectivity index (χ0v) is 23.1. The van der Waals surface area contributed by atoms with Gasteiger partial charge in [-0.05, 0) is 61.4 Å². The van der Waals surface area contributed by atoms with Crippen LogP contribution in [0.15, 0.2) is 42.1 Å². The highest BCUT2D eigenvalue weighted by molar-refractivity contribution is 7.99. The molecule has 2 heterocycles. The summed E-state index contributed by atoms with van der Waals surface area (Å²) in [5, 5.41) is 22.8. The molecule has 0 saturated heterocycles. The van der Waals surface area contributed by atoms with Crippen LogP contribution in [-0.2, 0) is 24.2 Å². The molecule has 0 bridgehead atoms. The third-order valence-electron chi connectivity index (χ3n) is 6.55. The van der Waals surface area contributed by atoms with Crippen LogP contribution in [0.25, 0.3) is 11.4 Å². The summed E-state index contributed by atoms with van der Waals surface area (Å²) in [4.78, 5) is 14.1. The number of nitriles is 1. The smallest absolute Gasteiger partial charge is 0.235 e. The van der Waals surface area contributed by atoms with E-state index >= 15 is 0 Å². The van der Waals surface area contributed by atoms with Gasteiger partial charge < -0.3 is 10.1 Å². The highest BCUT2D eigenvalue weighted by Crippen LogP contribution is 2.40. The second-order valence-corrected chi connectivity index (χ2v) is 11.2. The number of hydrogen-bond acceptors (Lipinski definition) is 7. The summed E-state index contributed by atoms with van der Waals surface area (Å²) in [5.74, 6) is 2.22. The molecule has 1 aliphatic rings. The Bertz CT molecular complexity index is 1270. The number of thiophene rings is 1. The van der Waals surface area contributed by atoms with E-state index in [1.807, 2.05) is 28.8 Å². The molecule has 37 heavy (non-hydrogen) atoms. The van der Waals surface area contributed by atoms with Gasteiger partial charge in [-0.25, -0.2) is 0 Å². The minimum Gasteiger partial charge on any atom is -0.494 e. The summed E-state index contributed by atoms with van der Waals surface area (Å²) in [6.45, 7) is 9.44. The maximum absolute atomic E-state index is 12.9. The first-order chi connectivity index (χ1) is 18.1. The molecule has 0 spiro atoms. The lowest BCUT2D eigenvalue weighted by atomic mass is 9.86. The van der Waals surface area contributed by atoms with E-state index in [9.17, 15) is 10.1 Å². The van der Waals surface area contributed by atoms with Gasteiger partial charge in [0.05, 0.1) is 17.9 Å². The number of aromatic nitrogens is 3. The van der Waals surface area contributed by atoms with Gasteiger partial charge in [0, 0.05) is 17.0 Å². The average Bonchev–Trinajstić information content (AvgIpc) is 3.47. The zero-order valence-electron chi connectivity index (χ0n) is 21.5. The summed E-state index contributed by atoms with van der Waals surface area (Å²) < 4.78 is 7.71. The number of ether oxygens (including phenoxy) is 1. The number of nitrogens with one attached hydrogen (secondary N) is 1. The number of allylic oxidation sites excluding steroid dienone is 1. The van der Waals surface area contributed by atoms with Crippen molar-refractivity contribution in [1.29, 1.82) is 5.26 Å². The molecule has 0 radical (unpaired) electrons. The molecule has 1 amide bonds. The number of benzene rings is 1. The van der Waals surface area contributed by atoms with Gasteiger partial charge in [-0.1, -0.05) is 44.5 Å². The summed E-state index contributed by atoms with van der Waals surface area (Å²) in [7, 11) is 0. The Kier molecular flexibility index (Phi) is 9.42. The molecular weight excluding hydrogens is 502 g/mol. The van der Waals surface area contributed by atoms with E-state index in [1.165, 1.54) is 16.6 Å². The van der Waals surface area contributed by atoms with E-state index < -0.39 is 0 Å². The summed E-state index contributed by atoms with van der Waals surface area (Å²) >= 11 is 2.88. The van der Waals surface area contributed by atoms with Crippen molar-refractivity contribution >= 4 is 34.0 Å². The molecule has 1 atom stereocenters. The standard InChI is InChI=1S/C28H33N5O2S2/c1-4-7-15-35-21-11-9-20(10-12-21)26-31-32-28(33(26)14-5-2)36-18-25(34)30-27-23(17-29)22-13-8-19(6-3)16-24(22)37-27/h5,9-12,19H,2,4,6-8,13-16,18H2,1,3H3,(H,30,34). The molecule has 1 N–H and O–H groups in total. The number of unbranched alkanes of at least 4 members (excludes halogenated alkanes) is 1. The molecule has 1 aliphatic carbocycles. The van der Waals surface area contributed by atoms with Crippen LogP contribution in [0.3, 0.4) is 0 Å². The number of thioether (sulfide) groups is 1. The number of rotatable bonds is 12. The van der Waals surface area contributed by atoms with Crippen LogP contribution >= 0.6 is 23.1 Å². The summed E-state index contributed by atoms with van der Waals surface area (Å²) in [6, 6.07) is 10.1. The fraction of sp³-hybridized carbons (Fsp3) is 0.429. The van der Waals surface area contributed by atoms with Crippen molar-refractivity contribution in [3.63, 3.8) is 0 Å². The van der Waals surface area contributed by atoms with Crippen LogP contribution in [0.4, 0.5) is 5.00 Å². The van der Waals surface area contributed by atoms with Gasteiger partial charge in [-0.15, -0.1) is 28.1 Å². The van der Waals surface area contributed by atoms with Gasteiger partial charge in [0.1, 0.15) is 16.8 Å². The monoisotopic (exact) mass is 535 g/mol. The third-order valence-corrected chi connectivity index (χ3v) is 8.69. The Balaban J connectivity index is 1.42. The predicted octanol–water partition coefficient (Wildman–Crippen LogP) is 6.49. The minimum atomic E-state index is -0.157. The molecular formula is C28H33N5O2S2. The molecule has 7 nitrogen and oxygen atoms in total. The van der Waals surface area contributed by atoms with E-state index in [-0.39, 0.29) is 11.7 Å². The molecule has 194 valence electrons. The van der Waals surface area contributed by atoms with E-state index in [0.29, 0.717) is 40.6 Å². The minimum absolute atomic E-state index is 0.157. The van der Waals surface area contributed by atoms with Gasteiger partial charge in [0.15, 0.2) is 11.0 Å². The average molecular weight is 536 g/mol. The van der Waals surface area contributed by atoms with Gasteiger partial charge in [0.2, 0.25) is 5.91 Å². The van der Waals surface area contributed by atoms with Crippen LogP contribution in [0.2, 0.25) is 0 Å². The molecule has 0 aliphatic heterocycles. The Morgan fingerprint density at radius 1 is 1.35 bits per heavy atom. The second-order valence-electron chi connectivity index (χ2n) is 9.11.